The largest absolute Gasteiger partial charge is 0.438 e. The number of anilines is 1. The summed E-state index contributed by atoms with van der Waals surface area (Å²) in [6, 6.07) is 12.7. The molecule has 0 unspecified atom stereocenters. The van der Waals surface area contributed by atoms with Gasteiger partial charge in [-0.05, 0) is 60.9 Å². The Hall–Kier alpha value is -3.16. The van der Waals surface area contributed by atoms with Crippen molar-refractivity contribution in [3.05, 3.63) is 82.2 Å². The molecule has 1 saturated heterocycles. The maximum Gasteiger partial charge on any atom is 0.322 e. The highest BCUT2D eigenvalue weighted by Crippen LogP contribution is 2.35. The van der Waals surface area contributed by atoms with Crippen LogP contribution < -0.4 is 5.32 Å². The topological polar surface area (TPSA) is 58.4 Å². The van der Waals surface area contributed by atoms with Crippen LogP contribution in [0.1, 0.15) is 24.8 Å². The van der Waals surface area contributed by atoms with Gasteiger partial charge < -0.3 is 14.6 Å². The predicted octanol–water partition coefficient (Wildman–Crippen LogP) is 7.45. The lowest BCUT2D eigenvalue weighted by atomic mass is 10.0. The van der Waals surface area contributed by atoms with E-state index in [0.29, 0.717) is 51.3 Å². The summed E-state index contributed by atoms with van der Waals surface area (Å²) in [5.74, 6) is -0.894. The molecule has 1 aromatic heterocycles. The lowest BCUT2D eigenvalue weighted by Crippen LogP contribution is -2.34. The highest BCUT2D eigenvalue weighted by molar-refractivity contribution is 6.36. The molecule has 1 fully saturated rings. The smallest absolute Gasteiger partial charge is 0.322 e. The number of nitrogens with zero attached hydrogens (tertiary/aromatic N) is 2. The second-order valence-electron chi connectivity index (χ2n) is 7.76. The van der Waals surface area contributed by atoms with Crippen LogP contribution in [-0.4, -0.2) is 22.5 Å². The number of hydrogen-bond acceptors (Lipinski definition) is 3. The summed E-state index contributed by atoms with van der Waals surface area (Å²) in [5, 5.41) is 3.63. The number of aromatic nitrogens is 1. The lowest BCUT2D eigenvalue weighted by Gasteiger charge is -2.23. The zero-order valence-electron chi connectivity index (χ0n) is 17.1. The summed E-state index contributed by atoms with van der Waals surface area (Å²) < 4.78 is 33.4. The summed E-state index contributed by atoms with van der Waals surface area (Å²) in [7, 11) is 0. The highest BCUT2D eigenvalue weighted by atomic mass is 35.5. The van der Waals surface area contributed by atoms with Crippen molar-refractivity contribution in [1.29, 1.82) is 0 Å². The molecule has 5 nitrogen and oxygen atoms in total. The molecule has 1 aliphatic rings. The minimum Gasteiger partial charge on any atom is -0.438 e. The van der Waals surface area contributed by atoms with Gasteiger partial charge in [0.2, 0.25) is 5.89 Å². The maximum atomic E-state index is 14.2. The van der Waals surface area contributed by atoms with Gasteiger partial charge in [0.25, 0.3) is 0 Å². The van der Waals surface area contributed by atoms with Gasteiger partial charge in [0, 0.05) is 23.2 Å². The summed E-state index contributed by atoms with van der Waals surface area (Å²) in [6.07, 6.45) is 1.48. The van der Waals surface area contributed by atoms with Crippen molar-refractivity contribution in [1.82, 2.24) is 9.88 Å². The van der Waals surface area contributed by atoms with E-state index in [1.54, 1.807) is 41.3 Å². The summed E-state index contributed by atoms with van der Waals surface area (Å²) in [6.45, 7) is 0.534. The van der Waals surface area contributed by atoms with Gasteiger partial charge in [0.1, 0.15) is 23.2 Å². The normalized spacial score (nSPS) is 15.9. The van der Waals surface area contributed by atoms with E-state index in [1.807, 2.05) is 0 Å². The van der Waals surface area contributed by atoms with E-state index in [-0.39, 0.29) is 17.6 Å². The van der Waals surface area contributed by atoms with Crippen LogP contribution >= 0.6 is 23.2 Å². The Bertz CT molecular complexity index is 1380. The van der Waals surface area contributed by atoms with Crippen LogP contribution in [0.3, 0.4) is 0 Å². The molecule has 1 N–H and O–H groups in total. The summed E-state index contributed by atoms with van der Waals surface area (Å²) in [4.78, 5) is 19.2. The fourth-order valence-corrected chi connectivity index (χ4v) is 4.48. The Morgan fingerprint density at radius 1 is 1.09 bits per heavy atom. The SMILES string of the molecule is O=C(Nc1ccc(Cl)cc1Cl)N1CCC[C@H]1c1nc2cc(-c3ccc(F)cc3F)ccc2o1. The average Bonchev–Trinajstić information content (AvgIpc) is 3.42. The number of amides is 2. The Balaban J connectivity index is 1.41. The van der Waals surface area contributed by atoms with Crippen LogP contribution in [0.2, 0.25) is 10.0 Å². The van der Waals surface area contributed by atoms with Gasteiger partial charge in [-0.2, -0.15) is 0 Å². The number of hydrogen-bond donors (Lipinski definition) is 1. The molecule has 9 heteroatoms. The standard InChI is InChI=1S/C24H17Cl2F2N3O2/c25-14-4-7-19(17(26)11-14)30-24(32)31-9-1-2-21(31)23-29-20-10-13(3-8-22(20)33-23)16-6-5-15(27)12-18(16)28/h3-8,10-12,21H,1-2,9H2,(H,30,32)/t21-/m0/s1. The van der Waals surface area contributed by atoms with Crippen molar-refractivity contribution in [2.75, 3.05) is 11.9 Å². The van der Waals surface area contributed by atoms with E-state index in [2.05, 4.69) is 10.3 Å². The number of benzene rings is 3. The van der Waals surface area contributed by atoms with E-state index in [0.717, 1.165) is 12.5 Å². The van der Waals surface area contributed by atoms with Crippen LogP contribution in [0, 0.1) is 11.6 Å². The number of likely N-dealkylation sites (tertiary alicyclic amines) is 1. The third-order valence-electron chi connectivity index (χ3n) is 5.62. The van der Waals surface area contributed by atoms with E-state index in [1.165, 1.54) is 12.1 Å². The monoisotopic (exact) mass is 487 g/mol. The van der Waals surface area contributed by atoms with E-state index >= 15 is 0 Å². The molecule has 5 rings (SSSR count). The summed E-state index contributed by atoms with van der Waals surface area (Å²) >= 11 is 12.1. The molecule has 0 bridgehead atoms. The predicted molar refractivity (Wildman–Crippen MR) is 124 cm³/mol. The number of rotatable bonds is 3. The Kier molecular flexibility index (Phi) is 5.68. The quantitative estimate of drug-likeness (QED) is 0.326. The zero-order chi connectivity index (χ0) is 23.1. The van der Waals surface area contributed by atoms with Crippen LogP contribution in [0.4, 0.5) is 19.3 Å². The van der Waals surface area contributed by atoms with Crippen LogP contribution in [0.25, 0.3) is 22.2 Å². The second-order valence-corrected chi connectivity index (χ2v) is 8.61. The second kappa shape index (κ2) is 8.65. The van der Waals surface area contributed by atoms with Crippen LogP contribution in [-0.2, 0) is 0 Å². The Labute approximate surface area is 197 Å². The van der Waals surface area contributed by atoms with Gasteiger partial charge in [-0.3, -0.25) is 0 Å². The van der Waals surface area contributed by atoms with Gasteiger partial charge >= 0.3 is 6.03 Å². The number of carbonyl (C=O) groups excluding carboxylic acids is 1. The van der Waals surface area contributed by atoms with E-state index < -0.39 is 11.6 Å². The van der Waals surface area contributed by atoms with Gasteiger partial charge in [-0.25, -0.2) is 18.6 Å². The van der Waals surface area contributed by atoms with Gasteiger partial charge in [0.05, 0.1) is 10.7 Å². The number of nitrogens with one attached hydrogen (secondary N) is 1. The molecule has 1 atom stereocenters. The summed E-state index contributed by atoms with van der Waals surface area (Å²) in [5.41, 5.74) is 2.33. The number of fused-ring (bicyclic) bond motifs is 1. The highest BCUT2D eigenvalue weighted by Gasteiger charge is 2.34. The molecule has 0 saturated carbocycles. The molecule has 1 aliphatic heterocycles. The third-order valence-corrected chi connectivity index (χ3v) is 6.17. The minimum absolute atomic E-state index is 0.268. The third kappa shape index (κ3) is 4.26. The zero-order valence-corrected chi connectivity index (χ0v) is 18.6. The minimum atomic E-state index is -0.655. The van der Waals surface area contributed by atoms with Crippen molar-refractivity contribution < 1.29 is 18.0 Å². The molecule has 4 aromatic rings. The molecular formula is C24H17Cl2F2N3O2. The van der Waals surface area contributed by atoms with Gasteiger partial charge in [-0.15, -0.1) is 0 Å². The van der Waals surface area contributed by atoms with E-state index in [9.17, 15) is 13.6 Å². The first kappa shape index (κ1) is 21.7. The van der Waals surface area contributed by atoms with Crippen molar-refractivity contribution in [2.45, 2.75) is 18.9 Å². The molecule has 168 valence electrons. The first-order valence-electron chi connectivity index (χ1n) is 10.3. The molecule has 0 aliphatic carbocycles. The van der Waals surface area contributed by atoms with Crippen LogP contribution in [0.15, 0.2) is 59.0 Å². The number of carbonyl (C=O) groups is 1. The molecule has 33 heavy (non-hydrogen) atoms. The van der Waals surface area contributed by atoms with Crippen molar-refractivity contribution >= 4 is 46.0 Å². The van der Waals surface area contributed by atoms with Crippen molar-refractivity contribution in [3.8, 4) is 11.1 Å². The molecule has 2 heterocycles. The lowest BCUT2D eigenvalue weighted by molar-refractivity contribution is 0.199. The van der Waals surface area contributed by atoms with Gasteiger partial charge in [-0.1, -0.05) is 29.3 Å². The molecule has 0 radical (unpaired) electrons. The Morgan fingerprint density at radius 2 is 1.94 bits per heavy atom. The molecular weight excluding hydrogens is 471 g/mol. The first-order valence-corrected chi connectivity index (χ1v) is 11.0. The number of halogens is 4. The number of urea groups is 1. The van der Waals surface area contributed by atoms with E-state index in [4.69, 9.17) is 27.6 Å². The first-order chi connectivity index (χ1) is 15.9. The molecule has 0 spiro atoms. The fraction of sp³-hybridized carbons (Fsp3) is 0.167. The fourth-order valence-electron chi connectivity index (χ4n) is 4.02. The number of oxazole rings is 1. The van der Waals surface area contributed by atoms with Crippen molar-refractivity contribution in [3.63, 3.8) is 0 Å². The maximum absolute atomic E-state index is 14.2. The Morgan fingerprint density at radius 3 is 2.73 bits per heavy atom. The van der Waals surface area contributed by atoms with Crippen LogP contribution in [0.5, 0.6) is 0 Å². The van der Waals surface area contributed by atoms with Crippen molar-refractivity contribution in [2.24, 2.45) is 0 Å². The van der Waals surface area contributed by atoms with Gasteiger partial charge in [0.15, 0.2) is 5.58 Å². The average molecular weight is 488 g/mol. The molecule has 2 amide bonds. The molecule has 3 aromatic carbocycles.